The van der Waals surface area contributed by atoms with E-state index in [1.807, 2.05) is 11.3 Å². The SMILES string of the molecule is CC(C)(C)c1ccc(N(c2ccc(C(C)(C)C)cc2)c2cc3c(cc2-c2ccccc2)B2c4sc5ccc(C(C)(C)C)cc5c4N(c4ccc(C(C)(C)C)cc4)c4cc(C56CCC(CC5)C6)cc(c42)N3c2cccc3ccccc23)cc1. The van der Waals surface area contributed by atoms with Gasteiger partial charge in [0.1, 0.15) is 0 Å². The standard InChI is InChI=1S/C77H78BN3S/c1-73(2,3)52-25-32-57(33-26-52)79(58-34-27-53(28-35-58)74(4,5)6)65-47-66-63(46-61(65)51-19-14-13-15-20-51)78-70-67(44-56(77-41-39-49(48-77)40-42-77)45-68(70)81(66)64-24-18-22-50-21-16-17-23-60(50)64)80(59-36-29-54(30-37-59)75(7,8)9)71-62-43-55(76(10,11)12)31-38-69(62)82-72(71)78/h13-38,43-47,49H,39-42,48H2,1-12H3. The molecule has 2 aliphatic heterocycles. The van der Waals surface area contributed by atoms with Gasteiger partial charge in [0.25, 0.3) is 6.71 Å². The quantitative estimate of drug-likeness (QED) is 0.147. The molecule has 9 aromatic carbocycles. The number of nitrogens with zero attached hydrogens (tertiary/aromatic N) is 3. The van der Waals surface area contributed by atoms with E-state index in [1.165, 1.54) is 142 Å². The lowest BCUT2D eigenvalue weighted by Gasteiger charge is -2.45. The third-order valence-electron chi connectivity index (χ3n) is 19.3. The average Bonchev–Trinajstić information content (AvgIpc) is 2.59. The summed E-state index contributed by atoms with van der Waals surface area (Å²) in [7, 11) is 0. The number of anilines is 9. The lowest BCUT2D eigenvalue weighted by atomic mass is 9.36. The van der Waals surface area contributed by atoms with Gasteiger partial charge in [-0.3, -0.25) is 0 Å². The van der Waals surface area contributed by atoms with Gasteiger partial charge in [0, 0.05) is 59.9 Å². The van der Waals surface area contributed by atoms with Gasteiger partial charge in [0.2, 0.25) is 0 Å². The Balaban J connectivity index is 1.14. The van der Waals surface area contributed by atoms with E-state index in [0.29, 0.717) is 0 Å². The molecule has 2 bridgehead atoms. The second kappa shape index (κ2) is 18.8. The van der Waals surface area contributed by atoms with Crippen LogP contribution in [0, 0.1) is 5.92 Å². The van der Waals surface area contributed by atoms with Crippen LogP contribution in [0.3, 0.4) is 0 Å². The molecule has 82 heavy (non-hydrogen) atoms. The summed E-state index contributed by atoms with van der Waals surface area (Å²) in [6.45, 7) is 27.9. The molecule has 5 heteroatoms. The molecule has 10 aromatic rings. The Kier molecular flexibility index (Phi) is 12.1. The number of fused-ring (bicyclic) bond motifs is 9. The molecule has 2 saturated carbocycles. The molecular weight excluding hydrogens is 1010 g/mol. The zero-order chi connectivity index (χ0) is 56.8. The first-order valence-electron chi connectivity index (χ1n) is 30.3. The second-order valence-corrected chi connectivity index (χ2v) is 29.8. The summed E-state index contributed by atoms with van der Waals surface area (Å²) in [5, 5.41) is 3.83. The third kappa shape index (κ3) is 8.65. The third-order valence-corrected chi connectivity index (χ3v) is 20.5. The van der Waals surface area contributed by atoms with Crippen LogP contribution in [0.2, 0.25) is 0 Å². The Hall–Kier alpha value is -7.34. The van der Waals surface area contributed by atoms with Gasteiger partial charge in [-0.15, -0.1) is 11.3 Å². The molecule has 3 heterocycles. The molecule has 0 N–H and O–H groups in total. The molecule has 410 valence electrons. The topological polar surface area (TPSA) is 9.72 Å². The highest BCUT2D eigenvalue weighted by molar-refractivity contribution is 7.33. The van der Waals surface area contributed by atoms with Crippen molar-refractivity contribution in [2.75, 3.05) is 14.7 Å². The van der Waals surface area contributed by atoms with Gasteiger partial charge >= 0.3 is 0 Å². The van der Waals surface area contributed by atoms with E-state index in [-0.39, 0.29) is 33.8 Å². The van der Waals surface area contributed by atoms with Gasteiger partial charge in [-0.2, -0.15) is 0 Å². The van der Waals surface area contributed by atoms with Crippen LogP contribution in [0.4, 0.5) is 51.2 Å². The Labute approximate surface area is 492 Å². The lowest BCUT2D eigenvalue weighted by Crippen LogP contribution is -2.60. The monoisotopic (exact) mass is 1090 g/mol. The lowest BCUT2D eigenvalue weighted by molar-refractivity contribution is 0.419. The maximum Gasteiger partial charge on any atom is 0.264 e. The minimum atomic E-state index is -0.0598. The Morgan fingerprint density at radius 1 is 0.488 bits per heavy atom. The Morgan fingerprint density at radius 2 is 1.04 bits per heavy atom. The van der Waals surface area contributed by atoms with Crippen LogP contribution < -0.4 is 30.4 Å². The van der Waals surface area contributed by atoms with Gasteiger partial charge in [-0.05, 0) is 188 Å². The van der Waals surface area contributed by atoms with Crippen molar-refractivity contribution in [3.05, 3.63) is 216 Å². The summed E-state index contributed by atoms with van der Waals surface area (Å²) >= 11 is 2.01. The van der Waals surface area contributed by atoms with Crippen LogP contribution in [0.1, 0.15) is 143 Å². The van der Waals surface area contributed by atoms with Crippen LogP contribution in [-0.4, -0.2) is 6.71 Å². The van der Waals surface area contributed by atoms with E-state index >= 15 is 0 Å². The van der Waals surface area contributed by atoms with Gasteiger partial charge in [0.15, 0.2) is 0 Å². The summed E-state index contributed by atoms with van der Waals surface area (Å²) in [6.07, 6.45) is 6.38. The first-order valence-corrected chi connectivity index (χ1v) is 31.1. The van der Waals surface area contributed by atoms with E-state index in [4.69, 9.17) is 0 Å². The van der Waals surface area contributed by atoms with E-state index < -0.39 is 0 Å². The smallest absolute Gasteiger partial charge is 0.264 e. The predicted octanol–water partition coefficient (Wildman–Crippen LogP) is 20.3. The van der Waals surface area contributed by atoms with Gasteiger partial charge in [-0.25, -0.2) is 0 Å². The van der Waals surface area contributed by atoms with Crippen LogP contribution in [-0.2, 0) is 27.1 Å². The zero-order valence-corrected chi connectivity index (χ0v) is 51.2. The van der Waals surface area contributed by atoms with E-state index in [9.17, 15) is 0 Å². The minimum Gasteiger partial charge on any atom is -0.311 e. The summed E-state index contributed by atoms with van der Waals surface area (Å²) < 4.78 is 2.74. The molecule has 3 nitrogen and oxygen atoms in total. The second-order valence-electron chi connectivity index (χ2n) is 28.8. The molecule has 0 unspecified atom stereocenters. The first kappa shape index (κ1) is 52.7. The van der Waals surface area contributed by atoms with Crippen molar-refractivity contribution in [3.63, 3.8) is 0 Å². The van der Waals surface area contributed by atoms with Crippen molar-refractivity contribution < 1.29 is 0 Å². The molecule has 0 saturated heterocycles. The molecule has 0 amide bonds. The highest BCUT2D eigenvalue weighted by Crippen LogP contribution is 2.59. The average molecular weight is 1090 g/mol. The van der Waals surface area contributed by atoms with E-state index in [0.717, 1.165) is 23.0 Å². The van der Waals surface area contributed by atoms with Gasteiger partial charge < -0.3 is 14.7 Å². The van der Waals surface area contributed by atoms with Gasteiger partial charge in [0.05, 0.1) is 17.1 Å². The zero-order valence-electron chi connectivity index (χ0n) is 50.3. The van der Waals surface area contributed by atoms with Crippen molar-refractivity contribution in [2.45, 2.75) is 142 Å². The van der Waals surface area contributed by atoms with Crippen LogP contribution in [0.25, 0.3) is 32.0 Å². The molecule has 2 fully saturated rings. The number of rotatable bonds is 7. The summed E-state index contributed by atoms with van der Waals surface area (Å²) in [5.41, 5.74) is 23.1. The molecule has 0 spiro atoms. The van der Waals surface area contributed by atoms with Crippen molar-refractivity contribution in [2.24, 2.45) is 5.92 Å². The fourth-order valence-corrected chi connectivity index (χ4v) is 15.9. The molecule has 0 atom stereocenters. The number of thiophene rings is 1. The minimum absolute atomic E-state index is 0.00544. The van der Waals surface area contributed by atoms with Crippen LogP contribution in [0.5, 0.6) is 0 Å². The number of hydrogen-bond donors (Lipinski definition) is 0. The summed E-state index contributed by atoms with van der Waals surface area (Å²) in [5.74, 6) is 0.791. The van der Waals surface area contributed by atoms with E-state index in [2.05, 4.69) is 286 Å². The highest BCUT2D eigenvalue weighted by Gasteiger charge is 2.50. The summed E-state index contributed by atoms with van der Waals surface area (Å²) in [6, 6.07) is 73.8. The van der Waals surface area contributed by atoms with Crippen molar-refractivity contribution >= 4 is 106 Å². The van der Waals surface area contributed by atoms with E-state index in [1.54, 1.807) is 0 Å². The summed E-state index contributed by atoms with van der Waals surface area (Å²) in [4.78, 5) is 8.01. The molecule has 2 aliphatic carbocycles. The van der Waals surface area contributed by atoms with Crippen molar-refractivity contribution in [1.82, 2.24) is 0 Å². The Morgan fingerprint density at radius 3 is 1.62 bits per heavy atom. The molecule has 0 radical (unpaired) electrons. The maximum absolute atomic E-state index is 2.73. The first-order chi connectivity index (χ1) is 39.1. The van der Waals surface area contributed by atoms with Crippen molar-refractivity contribution in [1.29, 1.82) is 0 Å². The number of hydrogen-bond acceptors (Lipinski definition) is 4. The van der Waals surface area contributed by atoms with Crippen LogP contribution in [0.15, 0.2) is 188 Å². The largest absolute Gasteiger partial charge is 0.311 e. The predicted molar refractivity (Wildman–Crippen MR) is 357 cm³/mol. The molecule has 4 aliphatic rings. The highest BCUT2D eigenvalue weighted by atomic mass is 32.1. The Bertz CT molecular complexity index is 4050. The molecular formula is C77H78BN3S. The molecule has 14 rings (SSSR count). The van der Waals surface area contributed by atoms with Crippen LogP contribution >= 0.6 is 11.3 Å². The normalized spacial score (nSPS) is 17.6. The fraction of sp³-hybridized carbons (Fsp3) is 0.299. The van der Waals surface area contributed by atoms with Crippen molar-refractivity contribution in [3.8, 4) is 11.1 Å². The maximum atomic E-state index is 2.73. The molecule has 1 aromatic heterocycles. The number of benzene rings is 9. The van der Waals surface area contributed by atoms with Gasteiger partial charge in [-0.1, -0.05) is 198 Å². The fourth-order valence-electron chi connectivity index (χ4n) is 14.6.